The van der Waals surface area contributed by atoms with E-state index < -0.39 is 0 Å². The summed E-state index contributed by atoms with van der Waals surface area (Å²) in [7, 11) is 0. The molecule has 0 saturated carbocycles. The minimum Gasteiger partial charge on any atom is -0.356 e. The first kappa shape index (κ1) is 21.5. The molecule has 132 valence electrons. The van der Waals surface area contributed by atoms with Gasteiger partial charge in [0.25, 0.3) is 0 Å². The van der Waals surface area contributed by atoms with Crippen LogP contribution in [0.3, 0.4) is 0 Å². The van der Waals surface area contributed by atoms with Gasteiger partial charge in [-0.2, -0.15) is 0 Å². The van der Waals surface area contributed by atoms with Crippen LogP contribution in [0, 0.1) is 0 Å². The molecule has 1 N–H and O–H groups in total. The average Bonchev–Trinajstić information content (AvgIpc) is 2.50. The fourth-order valence-corrected chi connectivity index (χ4v) is 2.94. The Balaban J connectivity index is 2.95. The fourth-order valence-electron chi connectivity index (χ4n) is 2.94. The highest BCUT2D eigenvalue weighted by molar-refractivity contribution is 5.72. The van der Waals surface area contributed by atoms with Crippen LogP contribution in [-0.2, 0) is 4.79 Å². The van der Waals surface area contributed by atoms with Crippen LogP contribution in [0.4, 0.5) is 0 Å². The topological polar surface area (TPSA) is 29.1 Å². The van der Waals surface area contributed by atoms with Crippen LogP contribution in [0.2, 0.25) is 0 Å². The van der Waals surface area contributed by atoms with Gasteiger partial charge < -0.3 is 5.32 Å². The molecule has 2 heteroatoms. The number of unbranched alkanes of at least 4 members (excludes halogenated alkanes) is 15. The van der Waals surface area contributed by atoms with E-state index in [2.05, 4.69) is 12.2 Å². The summed E-state index contributed by atoms with van der Waals surface area (Å²) in [6.07, 6.45) is 22.3. The van der Waals surface area contributed by atoms with Gasteiger partial charge in [-0.05, 0) is 6.42 Å². The molecule has 0 aromatic heterocycles. The van der Waals surface area contributed by atoms with Crippen molar-refractivity contribution in [2.45, 2.75) is 117 Å². The zero-order chi connectivity index (χ0) is 16.3. The van der Waals surface area contributed by atoms with Crippen LogP contribution in [-0.4, -0.2) is 12.5 Å². The summed E-state index contributed by atoms with van der Waals surface area (Å²) in [6.45, 7) is 4.73. The minimum absolute atomic E-state index is 0.0981. The largest absolute Gasteiger partial charge is 0.356 e. The van der Waals surface area contributed by atoms with Crippen LogP contribution < -0.4 is 5.32 Å². The number of carbonyl (C=O) groups excluding carboxylic acids is 1. The van der Waals surface area contributed by atoms with Gasteiger partial charge >= 0.3 is 0 Å². The first-order chi connectivity index (χ1) is 10.8. The maximum Gasteiger partial charge on any atom is 0.216 e. The Morgan fingerprint density at radius 3 is 1.23 bits per heavy atom. The molecule has 0 radical (unpaired) electrons. The Hall–Kier alpha value is -0.530. The Morgan fingerprint density at radius 2 is 0.909 bits per heavy atom. The summed E-state index contributed by atoms with van der Waals surface area (Å²) < 4.78 is 0. The zero-order valence-electron chi connectivity index (χ0n) is 15.4. The first-order valence-corrected chi connectivity index (χ1v) is 10.0. The van der Waals surface area contributed by atoms with Gasteiger partial charge in [-0.3, -0.25) is 4.79 Å². The molecule has 0 aliphatic rings. The zero-order valence-corrected chi connectivity index (χ0v) is 15.4. The van der Waals surface area contributed by atoms with Gasteiger partial charge in [-0.1, -0.05) is 103 Å². The van der Waals surface area contributed by atoms with Crippen molar-refractivity contribution in [2.24, 2.45) is 0 Å². The van der Waals surface area contributed by atoms with Gasteiger partial charge in [0, 0.05) is 13.5 Å². The predicted octanol–water partition coefficient (Wildman–Crippen LogP) is 6.38. The standard InChI is InChI=1S/C20H41NO/c1-3-4-5-6-7-8-9-10-11-12-13-14-15-16-17-18-19-21-20(2)22/h3-19H2,1-2H3,(H,21,22). The lowest BCUT2D eigenvalue weighted by atomic mass is 10.0. The lowest BCUT2D eigenvalue weighted by Gasteiger charge is -2.04. The second-order valence-corrected chi connectivity index (χ2v) is 6.79. The molecular weight excluding hydrogens is 270 g/mol. The van der Waals surface area contributed by atoms with Crippen molar-refractivity contribution in [2.75, 3.05) is 6.54 Å². The van der Waals surface area contributed by atoms with Crippen molar-refractivity contribution in [3.63, 3.8) is 0 Å². The Bertz CT molecular complexity index is 228. The Labute approximate surface area is 139 Å². The van der Waals surface area contributed by atoms with E-state index in [9.17, 15) is 4.79 Å². The summed E-state index contributed by atoms with van der Waals surface area (Å²) in [4.78, 5) is 10.7. The van der Waals surface area contributed by atoms with Crippen molar-refractivity contribution in [1.82, 2.24) is 5.32 Å². The molecule has 0 fully saturated rings. The molecular formula is C20H41NO. The van der Waals surface area contributed by atoms with Gasteiger partial charge in [0.1, 0.15) is 0 Å². The van der Waals surface area contributed by atoms with Crippen LogP contribution >= 0.6 is 0 Å². The van der Waals surface area contributed by atoms with Crippen LogP contribution in [0.5, 0.6) is 0 Å². The van der Waals surface area contributed by atoms with Gasteiger partial charge in [0.2, 0.25) is 5.91 Å². The highest BCUT2D eigenvalue weighted by Gasteiger charge is 1.95. The Morgan fingerprint density at radius 1 is 0.591 bits per heavy atom. The fraction of sp³-hybridized carbons (Fsp3) is 0.950. The molecule has 0 saturated heterocycles. The molecule has 0 aliphatic heterocycles. The summed E-state index contributed by atoms with van der Waals surface area (Å²) in [5.41, 5.74) is 0. The van der Waals surface area contributed by atoms with Gasteiger partial charge in [-0.25, -0.2) is 0 Å². The monoisotopic (exact) mass is 311 g/mol. The molecule has 0 atom stereocenters. The van der Waals surface area contributed by atoms with E-state index >= 15 is 0 Å². The highest BCUT2D eigenvalue weighted by atomic mass is 16.1. The van der Waals surface area contributed by atoms with E-state index in [0.29, 0.717) is 0 Å². The van der Waals surface area contributed by atoms with E-state index in [1.165, 1.54) is 96.3 Å². The number of rotatable bonds is 17. The first-order valence-electron chi connectivity index (χ1n) is 10.0. The van der Waals surface area contributed by atoms with Crippen molar-refractivity contribution < 1.29 is 4.79 Å². The van der Waals surface area contributed by atoms with Gasteiger partial charge in [-0.15, -0.1) is 0 Å². The van der Waals surface area contributed by atoms with Crippen molar-refractivity contribution >= 4 is 5.91 Å². The summed E-state index contributed by atoms with van der Waals surface area (Å²) in [6, 6.07) is 0. The lowest BCUT2D eigenvalue weighted by Crippen LogP contribution is -2.20. The summed E-state index contributed by atoms with van der Waals surface area (Å²) >= 11 is 0. The lowest BCUT2D eigenvalue weighted by molar-refractivity contribution is -0.118. The highest BCUT2D eigenvalue weighted by Crippen LogP contribution is 2.13. The minimum atomic E-state index is 0.0981. The maximum absolute atomic E-state index is 10.7. The second kappa shape index (κ2) is 18.5. The smallest absolute Gasteiger partial charge is 0.216 e. The molecule has 0 aliphatic carbocycles. The van der Waals surface area contributed by atoms with E-state index in [4.69, 9.17) is 0 Å². The molecule has 0 unspecified atom stereocenters. The van der Waals surface area contributed by atoms with Gasteiger partial charge in [0.15, 0.2) is 0 Å². The van der Waals surface area contributed by atoms with E-state index in [1.54, 1.807) is 6.92 Å². The predicted molar refractivity (Wildman–Crippen MR) is 98.2 cm³/mol. The average molecular weight is 312 g/mol. The van der Waals surface area contributed by atoms with Crippen LogP contribution in [0.1, 0.15) is 117 Å². The molecule has 0 aromatic carbocycles. The molecule has 0 bridgehead atoms. The molecule has 0 rings (SSSR count). The molecule has 1 amide bonds. The number of hydrogen-bond acceptors (Lipinski definition) is 1. The summed E-state index contributed by atoms with van der Waals surface area (Å²) in [5, 5.41) is 2.86. The number of carbonyl (C=O) groups is 1. The number of amides is 1. The molecule has 22 heavy (non-hydrogen) atoms. The van der Waals surface area contributed by atoms with Crippen LogP contribution in [0.25, 0.3) is 0 Å². The van der Waals surface area contributed by atoms with Crippen LogP contribution in [0.15, 0.2) is 0 Å². The normalized spacial score (nSPS) is 10.8. The number of hydrogen-bond donors (Lipinski definition) is 1. The number of nitrogens with one attached hydrogen (secondary N) is 1. The van der Waals surface area contributed by atoms with E-state index in [-0.39, 0.29) is 5.91 Å². The summed E-state index contributed by atoms with van der Waals surface area (Å²) in [5.74, 6) is 0.0981. The third kappa shape index (κ3) is 19.5. The molecule has 0 heterocycles. The van der Waals surface area contributed by atoms with Gasteiger partial charge in [0.05, 0.1) is 0 Å². The maximum atomic E-state index is 10.7. The SMILES string of the molecule is CCCCCCCCCCCCCCCCCCNC(C)=O. The second-order valence-electron chi connectivity index (χ2n) is 6.79. The van der Waals surface area contributed by atoms with Crippen molar-refractivity contribution in [3.8, 4) is 0 Å². The van der Waals surface area contributed by atoms with Crippen molar-refractivity contribution in [1.29, 1.82) is 0 Å². The van der Waals surface area contributed by atoms with E-state index in [0.717, 1.165) is 13.0 Å². The Kier molecular flexibility index (Phi) is 18.1. The quantitative estimate of drug-likeness (QED) is 0.310. The third-order valence-electron chi connectivity index (χ3n) is 4.40. The molecule has 0 aromatic rings. The molecule has 2 nitrogen and oxygen atoms in total. The molecule has 0 spiro atoms. The third-order valence-corrected chi connectivity index (χ3v) is 4.40. The van der Waals surface area contributed by atoms with E-state index in [1.807, 2.05) is 0 Å². The van der Waals surface area contributed by atoms with Crippen molar-refractivity contribution in [3.05, 3.63) is 0 Å².